The van der Waals surface area contributed by atoms with Gasteiger partial charge < -0.3 is 9.84 Å². The number of aliphatic hydroxyl groups excluding tert-OH is 1. The Morgan fingerprint density at radius 1 is 1.46 bits per heavy atom. The summed E-state index contributed by atoms with van der Waals surface area (Å²) < 4.78 is 5.17. The molecule has 2 saturated heterocycles. The summed E-state index contributed by atoms with van der Waals surface area (Å²) in [6, 6.07) is 7.90. The molecule has 6 nitrogen and oxygen atoms in total. The van der Waals surface area contributed by atoms with Crippen LogP contribution in [-0.2, 0) is 19.8 Å². The molecule has 0 unspecified atom stereocenters. The largest absolute Gasteiger partial charge is 0.467 e. The maximum Gasteiger partial charge on any atom is 0.332 e. The smallest absolute Gasteiger partial charge is 0.332 e. The standard InChI is InChI=1S/C21H25ClN2O4/c1-3-19-9-6-10-24-17(19)20(11-15(25)28-24)13-7-4-5-8-14(13)23-16(20)21(22,12-19)18(26)27-2/h4-5,7-8,15,17,25H,3,6,9-12H2,1-2H3/t15-,17-,19-,20-,21+/m0/s1. The number of esters is 1. The first-order valence-electron chi connectivity index (χ1n) is 9.99. The molecule has 150 valence electrons. The van der Waals surface area contributed by atoms with Crippen molar-refractivity contribution in [3.8, 4) is 0 Å². The van der Waals surface area contributed by atoms with E-state index in [0.29, 0.717) is 18.6 Å². The highest BCUT2D eigenvalue weighted by Gasteiger charge is 2.72. The molecule has 4 aliphatic rings. The molecular weight excluding hydrogens is 380 g/mol. The molecule has 0 aromatic heterocycles. The maximum atomic E-state index is 13.0. The second-order valence-corrected chi connectivity index (χ2v) is 9.19. The highest BCUT2D eigenvalue weighted by atomic mass is 35.5. The van der Waals surface area contributed by atoms with E-state index in [0.717, 1.165) is 37.1 Å². The molecule has 1 N–H and O–H groups in total. The number of nitrogens with zero attached hydrogens (tertiary/aromatic N) is 2. The van der Waals surface area contributed by atoms with Crippen molar-refractivity contribution < 1.29 is 19.5 Å². The van der Waals surface area contributed by atoms with Crippen molar-refractivity contribution in [3.05, 3.63) is 29.8 Å². The van der Waals surface area contributed by atoms with E-state index in [1.54, 1.807) is 0 Å². The van der Waals surface area contributed by atoms with Gasteiger partial charge in [0.15, 0.2) is 11.2 Å². The summed E-state index contributed by atoms with van der Waals surface area (Å²) in [5.41, 5.74) is 1.55. The van der Waals surface area contributed by atoms with Crippen LogP contribution in [-0.4, -0.2) is 52.7 Å². The van der Waals surface area contributed by atoms with Crippen LogP contribution >= 0.6 is 11.6 Å². The number of piperidine rings is 1. The second-order valence-electron chi connectivity index (χ2n) is 8.55. The first kappa shape index (κ1) is 18.6. The Balaban J connectivity index is 1.83. The van der Waals surface area contributed by atoms with Gasteiger partial charge in [-0.05, 0) is 42.7 Å². The molecule has 5 rings (SSSR count). The van der Waals surface area contributed by atoms with Crippen LogP contribution in [0.3, 0.4) is 0 Å². The number of fused-ring (bicyclic) bond motifs is 1. The Morgan fingerprint density at radius 3 is 3.00 bits per heavy atom. The van der Waals surface area contributed by atoms with Gasteiger partial charge in [-0.2, -0.15) is 5.06 Å². The van der Waals surface area contributed by atoms with Crippen LogP contribution in [0.1, 0.15) is 44.6 Å². The Morgan fingerprint density at radius 2 is 2.25 bits per heavy atom. The number of aliphatic hydroxyl groups is 1. The highest BCUT2D eigenvalue weighted by molar-refractivity contribution is 6.49. The summed E-state index contributed by atoms with van der Waals surface area (Å²) in [6.07, 6.45) is 2.55. The lowest BCUT2D eigenvalue weighted by Gasteiger charge is -2.64. The average Bonchev–Trinajstić information content (AvgIpc) is 3.02. The van der Waals surface area contributed by atoms with Gasteiger partial charge in [-0.1, -0.05) is 36.7 Å². The van der Waals surface area contributed by atoms with Gasteiger partial charge in [-0.15, -0.1) is 0 Å². The molecule has 3 heterocycles. The summed E-state index contributed by atoms with van der Waals surface area (Å²) in [7, 11) is 1.37. The van der Waals surface area contributed by atoms with Crippen LogP contribution in [0.5, 0.6) is 0 Å². The van der Waals surface area contributed by atoms with Gasteiger partial charge in [0.1, 0.15) is 0 Å². The van der Waals surface area contributed by atoms with E-state index < -0.39 is 22.5 Å². The Hall–Kier alpha value is -1.47. The van der Waals surface area contributed by atoms with E-state index in [1.807, 2.05) is 23.3 Å². The fourth-order valence-electron chi connectivity index (χ4n) is 6.42. The molecule has 1 spiro atoms. The summed E-state index contributed by atoms with van der Waals surface area (Å²) in [6.45, 7) is 2.90. The topological polar surface area (TPSA) is 71.4 Å². The fraction of sp³-hybridized carbons (Fsp3) is 0.619. The molecule has 28 heavy (non-hydrogen) atoms. The molecule has 1 saturated carbocycles. The SMILES string of the molecule is CC[C@]12CCCN3O[C@H](O)C[C@]4(C(=Nc5ccccc54)[C@@](Cl)(C(=O)OC)C1)[C@@H]32. The van der Waals surface area contributed by atoms with Crippen LogP contribution in [0.2, 0.25) is 0 Å². The number of alkyl halides is 1. The van der Waals surface area contributed by atoms with Crippen LogP contribution < -0.4 is 0 Å². The monoisotopic (exact) mass is 404 g/mol. The summed E-state index contributed by atoms with van der Waals surface area (Å²) in [4.78, 5) is 22.5. The van der Waals surface area contributed by atoms with Crippen LogP contribution in [0.4, 0.5) is 5.69 Å². The molecule has 1 aromatic rings. The number of para-hydroxylation sites is 1. The number of methoxy groups -OCH3 is 1. The van der Waals surface area contributed by atoms with Crippen LogP contribution in [0, 0.1) is 5.41 Å². The Kier molecular flexibility index (Phi) is 3.99. The molecule has 1 aliphatic carbocycles. The van der Waals surface area contributed by atoms with Gasteiger partial charge in [0.2, 0.25) is 0 Å². The molecule has 0 amide bonds. The minimum absolute atomic E-state index is 0.0268. The van der Waals surface area contributed by atoms with Gasteiger partial charge in [0.25, 0.3) is 0 Å². The number of carbonyl (C=O) groups is 1. The molecule has 0 bridgehead atoms. The molecule has 0 radical (unpaired) electrons. The van der Waals surface area contributed by atoms with E-state index in [2.05, 4.69) is 13.0 Å². The van der Waals surface area contributed by atoms with Crippen molar-refractivity contribution in [1.82, 2.24) is 5.06 Å². The quantitative estimate of drug-likeness (QED) is 0.605. The Labute approximate surface area is 169 Å². The van der Waals surface area contributed by atoms with Crippen molar-refractivity contribution in [2.45, 2.75) is 61.6 Å². The highest BCUT2D eigenvalue weighted by Crippen LogP contribution is 2.65. The molecule has 3 fully saturated rings. The molecule has 3 aliphatic heterocycles. The lowest BCUT2D eigenvalue weighted by atomic mass is 9.48. The minimum atomic E-state index is -1.35. The predicted molar refractivity (Wildman–Crippen MR) is 105 cm³/mol. The van der Waals surface area contributed by atoms with Crippen molar-refractivity contribution in [2.24, 2.45) is 10.4 Å². The van der Waals surface area contributed by atoms with Crippen LogP contribution in [0.15, 0.2) is 29.3 Å². The van der Waals surface area contributed by atoms with Crippen LogP contribution in [0.25, 0.3) is 0 Å². The number of halogens is 1. The summed E-state index contributed by atoms with van der Waals surface area (Å²) >= 11 is 7.15. The molecule has 5 atom stereocenters. The average molecular weight is 405 g/mol. The number of hydrogen-bond acceptors (Lipinski definition) is 6. The fourth-order valence-corrected chi connectivity index (χ4v) is 6.98. The van der Waals surface area contributed by atoms with E-state index in [4.69, 9.17) is 26.2 Å². The van der Waals surface area contributed by atoms with Gasteiger partial charge >= 0.3 is 5.97 Å². The van der Waals surface area contributed by atoms with Gasteiger partial charge in [-0.3, -0.25) is 9.83 Å². The zero-order valence-corrected chi connectivity index (χ0v) is 16.9. The minimum Gasteiger partial charge on any atom is -0.467 e. The predicted octanol–water partition coefficient (Wildman–Crippen LogP) is 3.08. The maximum absolute atomic E-state index is 13.0. The lowest BCUT2D eigenvalue weighted by molar-refractivity contribution is -0.347. The van der Waals surface area contributed by atoms with E-state index >= 15 is 0 Å². The number of carbonyl (C=O) groups excluding carboxylic acids is 1. The first-order valence-corrected chi connectivity index (χ1v) is 10.4. The number of aliphatic imine (C=N–C) groups is 1. The molecule has 1 aromatic carbocycles. The van der Waals surface area contributed by atoms with Gasteiger partial charge in [0, 0.05) is 13.0 Å². The van der Waals surface area contributed by atoms with Crippen molar-refractivity contribution >= 4 is 29.0 Å². The normalized spacial score (nSPS) is 41.5. The lowest BCUT2D eigenvalue weighted by Crippen LogP contribution is -2.75. The van der Waals surface area contributed by atoms with Crippen molar-refractivity contribution in [1.29, 1.82) is 0 Å². The summed E-state index contributed by atoms with van der Waals surface area (Å²) in [5.74, 6) is -0.468. The van der Waals surface area contributed by atoms with E-state index in [-0.39, 0.29) is 11.5 Å². The second kappa shape index (κ2) is 6.02. The Bertz CT molecular complexity index is 876. The van der Waals surface area contributed by atoms with E-state index in [9.17, 15) is 9.90 Å². The number of rotatable bonds is 2. The van der Waals surface area contributed by atoms with Crippen molar-refractivity contribution in [2.75, 3.05) is 13.7 Å². The third-order valence-corrected chi connectivity index (χ3v) is 7.83. The zero-order chi connectivity index (χ0) is 19.7. The zero-order valence-electron chi connectivity index (χ0n) is 16.2. The third-order valence-electron chi connectivity index (χ3n) is 7.37. The molecular formula is C21H25ClN2O4. The third kappa shape index (κ3) is 2.09. The van der Waals surface area contributed by atoms with E-state index in [1.165, 1.54) is 7.11 Å². The number of hydrogen-bond donors (Lipinski definition) is 1. The first-order chi connectivity index (χ1) is 13.4. The number of ether oxygens (including phenoxy) is 1. The van der Waals surface area contributed by atoms with Crippen molar-refractivity contribution in [3.63, 3.8) is 0 Å². The van der Waals surface area contributed by atoms with Gasteiger partial charge in [-0.25, -0.2) is 4.79 Å². The van der Waals surface area contributed by atoms with Gasteiger partial charge in [0.05, 0.1) is 30.0 Å². The number of benzene rings is 1. The summed E-state index contributed by atoms with van der Waals surface area (Å²) in [5, 5.41) is 12.6. The number of hydroxylamine groups is 2. The molecule has 7 heteroatoms.